The summed E-state index contributed by atoms with van der Waals surface area (Å²) in [6.07, 6.45) is 2.21. The molecule has 0 heterocycles. The number of hydrogen-bond donors (Lipinski definition) is 0. The second-order valence-corrected chi connectivity index (χ2v) is 5.52. The largest absolute Gasteiger partial charge is 0.299 e. The third-order valence-corrected chi connectivity index (χ3v) is 3.71. The van der Waals surface area contributed by atoms with E-state index in [0.29, 0.717) is 5.02 Å². The molecular formula is C18H19ClO. The van der Waals surface area contributed by atoms with Gasteiger partial charge in [0.25, 0.3) is 0 Å². The zero-order chi connectivity index (χ0) is 14.5. The SMILES string of the molecule is CCCc1ccc(C(C(C)=O)c2ccc(Cl)cc2)cc1. The van der Waals surface area contributed by atoms with Gasteiger partial charge in [-0.25, -0.2) is 0 Å². The Balaban J connectivity index is 2.33. The quantitative estimate of drug-likeness (QED) is 0.755. The summed E-state index contributed by atoms with van der Waals surface area (Å²) in [4.78, 5) is 12.0. The molecule has 0 bridgehead atoms. The number of halogens is 1. The van der Waals surface area contributed by atoms with Gasteiger partial charge in [0.1, 0.15) is 5.78 Å². The fourth-order valence-corrected chi connectivity index (χ4v) is 2.61. The lowest BCUT2D eigenvalue weighted by molar-refractivity contribution is -0.117. The van der Waals surface area contributed by atoms with E-state index in [1.54, 1.807) is 6.92 Å². The summed E-state index contributed by atoms with van der Waals surface area (Å²) in [5, 5.41) is 0.689. The van der Waals surface area contributed by atoms with Crippen LogP contribution in [0.1, 0.15) is 42.9 Å². The molecule has 1 atom stereocenters. The van der Waals surface area contributed by atoms with Crippen molar-refractivity contribution in [3.63, 3.8) is 0 Å². The molecule has 0 aliphatic heterocycles. The van der Waals surface area contributed by atoms with E-state index in [9.17, 15) is 4.79 Å². The molecule has 0 aliphatic carbocycles. The summed E-state index contributed by atoms with van der Waals surface area (Å²) in [6.45, 7) is 3.80. The summed E-state index contributed by atoms with van der Waals surface area (Å²) >= 11 is 5.91. The molecule has 0 aliphatic rings. The molecule has 20 heavy (non-hydrogen) atoms. The monoisotopic (exact) mass is 286 g/mol. The van der Waals surface area contributed by atoms with E-state index < -0.39 is 0 Å². The molecule has 2 aromatic rings. The third kappa shape index (κ3) is 3.49. The lowest BCUT2D eigenvalue weighted by Crippen LogP contribution is -2.10. The van der Waals surface area contributed by atoms with Crippen molar-refractivity contribution in [2.45, 2.75) is 32.6 Å². The Labute approximate surface area is 125 Å². The van der Waals surface area contributed by atoms with Crippen molar-refractivity contribution in [1.82, 2.24) is 0 Å². The van der Waals surface area contributed by atoms with Crippen LogP contribution < -0.4 is 0 Å². The molecule has 104 valence electrons. The average molecular weight is 287 g/mol. The van der Waals surface area contributed by atoms with Crippen LogP contribution >= 0.6 is 11.6 Å². The minimum atomic E-state index is -0.206. The van der Waals surface area contributed by atoms with Crippen LogP contribution in [0.15, 0.2) is 48.5 Å². The Kier molecular flexibility index (Phi) is 4.97. The number of benzene rings is 2. The molecular weight excluding hydrogens is 268 g/mol. The van der Waals surface area contributed by atoms with Crippen molar-refractivity contribution in [1.29, 1.82) is 0 Å². The first kappa shape index (κ1) is 14.8. The minimum Gasteiger partial charge on any atom is -0.299 e. The lowest BCUT2D eigenvalue weighted by Gasteiger charge is -2.15. The van der Waals surface area contributed by atoms with Crippen LogP contribution in [0.3, 0.4) is 0 Å². The average Bonchev–Trinajstić information content (AvgIpc) is 2.43. The first-order valence-corrected chi connectivity index (χ1v) is 7.34. The maximum absolute atomic E-state index is 12.0. The highest BCUT2D eigenvalue weighted by Crippen LogP contribution is 2.27. The first-order valence-electron chi connectivity index (χ1n) is 6.96. The Morgan fingerprint density at radius 1 is 1.00 bits per heavy atom. The highest BCUT2D eigenvalue weighted by molar-refractivity contribution is 6.30. The van der Waals surface area contributed by atoms with E-state index in [0.717, 1.165) is 24.0 Å². The van der Waals surface area contributed by atoms with Gasteiger partial charge in [-0.3, -0.25) is 4.79 Å². The predicted octanol–water partition coefficient (Wildman–Crippen LogP) is 5.01. The highest BCUT2D eigenvalue weighted by atomic mass is 35.5. The fourth-order valence-electron chi connectivity index (χ4n) is 2.48. The molecule has 0 amide bonds. The van der Waals surface area contributed by atoms with Gasteiger partial charge < -0.3 is 0 Å². The molecule has 0 fully saturated rings. The van der Waals surface area contributed by atoms with E-state index in [-0.39, 0.29) is 11.7 Å². The van der Waals surface area contributed by atoms with Gasteiger partial charge in [0.2, 0.25) is 0 Å². The zero-order valence-corrected chi connectivity index (χ0v) is 12.7. The van der Waals surface area contributed by atoms with Crippen LogP contribution in [0.25, 0.3) is 0 Å². The molecule has 0 radical (unpaired) electrons. The van der Waals surface area contributed by atoms with Crippen LogP contribution in [0.5, 0.6) is 0 Å². The predicted molar refractivity (Wildman–Crippen MR) is 84.4 cm³/mol. The molecule has 0 N–H and O–H groups in total. The van der Waals surface area contributed by atoms with Gasteiger partial charge in [-0.15, -0.1) is 0 Å². The van der Waals surface area contributed by atoms with E-state index in [1.165, 1.54) is 5.56 Å². The smallest absolute Gasteiger partial charge is 0.141 e. The Hall–Kier alpha value is -1.60. The van der Waals surface area contributed by atoms with Gasteiger partial charge in [-0.2, -0.15) is 0 Å². The van der Waals surface area contributed by atoms with Crippen molar-refractivity contribution >= 4 is 17.4 Å². The highest BCUT2D eigenvalue weighted by Gasteiger charge is 2.18. The van der Waals surface area contributed by atoms with Crippen LogP contribution in [-0.2, 0) is 11.2 Å². The Morgan fingerprint density at radius 3 is 1.95 bits per heavy atom. The van der Waals surface area contributed by atoms with Crippen molar-refractivity contribution in [3.8, 4) is 0 Å². The Bertz CT molecular complexity index is 569. The number of Topliss-reactive ketones (excluding diaryl/α,β-unsaturated/α-hetero) is 1. The number of rotatable bonds is 5. The summed E-state index contributed by atoms with van der Waals surface area (Å²) < 4.78 is 0. The summed E-state index contributed by atoms with van der Waals surface area (Å²) in [6, 6.07) is 15.9. The first-order chi connectivity index (χ1) is 9.61. The third-order valence-electron chi connectivity index (χ3n) is 3.46. The standard InChI is InChI=1S/C18H19ClO/c1-3-4-14-5-7-15(8-6-14)18(13(2)20)16-9-11-17(19)12-10-16/h5-12,18H,3-4H2,1-2H3. The summed E-state index contributed by atoms with van der Waals surface area (Å²) in [5.74, 6) is -0.0569. The summed E-state index contributed by atoms with van der Waals surface area (Å²) in [5.41, 5.74) is 3.35. The minimum absolute atomic E-state index is 0.149. The topological polar surface area (TPSA) is 17.1 Å². The van der Waals surface area contributed by atoms with Crippen LogP contribution in [-0.4, -0.2) is 5.78 Å². The zero-order valence-electron chi connectivity index (χ0n) is 11.9. The van der Waals surface area contributed by atoms with Crippen molar-refractivity contribution in [3.05, 3.63) is 70.2 Å². The molecule has 0 saturated carbocycles. The second kappa shape index (κ2) is 6.71. The van der Waals surface area contributed by atoms with E-state index in [4.69, 9.17) is 11.6 Å². The number of hydrogen-bond acceptors (Lipinski definition) is 1. The molecule has 0 saturated heterocycles. The van der Waals surface area contributed by atoms with Gasteiger partial charge in [-0.1, -0.05) is 61.3 Å². The van der Waals surface area contributed by atoms with Gasteiger partial charge >= 0.3 is 0 Å². The van der Waals surface area contributed by atoms with E-state index in [1.807, 2.05) is 24.3 Å². The van der Waals surface area contributed by atoms with Crippen LogP contribution in [0.2, 0.25) is 5.02 Å². The number of ketones is 1. The molecule has 1 nitrogen and oxygen atoms in total. The molecule has 0 spiro atoms. The van der Waals surface area contributed by atoms with Crippen LogP contribution in [0, 0.1) is 0 Å². The molecule has 0 aromatic heterocycles. The number of carbonyl (C=O) groups is 1. The maximum Gasteiger partial charge on any atom is 0.141 e. The van der Waals surface area contributed by atoms with E-state index >= 15 is 0 Å². The Morgan fingerprint density at radius 2 is 1.50 bits per heavy atom. The summed E-state index contributed by atoms with van der Waals surface area (Å²) in [7, 11) is 0. The second-order valence-electron chi connectivity index (χ2n) is 5.09. The van der Waals surface area contributed by atoms with Gasteiger partial charge in [0.05, 0.1) is 5.92 Å². The normalized spacial score (nSPS) is 12.2. The molecule has 2 aromatic carbocycles. The van der Waals surface area contributed by atoms with Crippen molar-refractivity contribution in [2.75, 3.05) is 0 Å². The van der Waals surface area contributed by atoms with Gasteiger partial charge in [0.15, 0.2) is 0 Å². The number of aryl methyl sites for hydroxylation is 1. The number of carbonyl (C=O) groups excluding carboxylic acids is 1. The fraction of sp³-hybridized carbons (Fsp3) is 0.278. The lowest BCUT2D eigenvalue weighted by atomic mass is 9.87. The van der Waals surface area contributed by atoms with Crippen LogP contribution in [0.4, 0.5) is 0 Å². The maximum atomic E-state index is 12.0. The molecule has 1 unspecified atom stereocenters. The van der Waals surface area contributed by atoms with E-state index in [2.05, 4.69) is 31.2 Å². The molecule has 2 rings (SSSR count). The van der Waals surface area contributed by atoms with Crippen molar-refractivity contribution < 1.29 is 4.79 Å². The van der Waals surface area contributed by atoms with Crippen molar-refractivity contribution in [2.24, 2.45) is 0 Å². The van der Waals surface area contributed by atoms with Gasteiger partial charge in [-0.05, 0) is 42.2 Å². The van der Waals surface area contributed by atoms with Gasteiger partial charge in [0, 0.05) is 5.02 Å². The molecule has 2 heteroatoms.